The summed E-state index contributed by atoms with van der Waals surface area (Å²) in [4.78, 5) is 11.5. The Morgan fingerprint density at radius 3 is 2.71 bits per heavy atom. The topological polar surface area (TPSA) is 65.0 Å². The lowest BCUT2D eigenvalue weighted by atomic mass is 10.1. The van der Waals surface area contributed by atoms with Crippen LogP contribution < -0.4 is 9.47 Å². The van der Waals surface area contributed by atoms with Gasteiger partial charge in [-0.1, -0.05) is 13.3 Å². The SMILES string of the molecule is CCCCOCC(O)COc1cc(OC)ccc1C(C)=O. The van der Waals surface area contributed by atoms with Crippen molar-refractivity contribution in [2.45, 2.75) is 32.8 Å². The lowest BCUT2D eigenvalue weighted by Gasteiger charge is -2.15. The van der Waals surface area contributed by atoms with Crippen LogP contribution in [0.3, 0.4) is 0 Å². The standard InChI is InChI=1S/C16H24O5/c1-4-5-8-20-10-13(18)11-21-16-9-14(19-3)6-7-15(16)12(2)17/h6-7,9,13,18H,4-5,8,10-11H2,1-3H3. The Hall–Kier alpha value is -1.59. The van der Waals surface area contributed by atoms with Crippen LogP contribution in [-0.4, -0.2) is 43.9 Å². The van der Waals surface area contributed by atoms with Crippen LogP contribution in [-0.2, 0) is 4.74 Å². The third-order valence-electron chi connectivity index (χ3n) is 2.95. The highest BCUT2D eigenvalue weighted by molar-refractivity contribution is 5.97. The van der Waals surface area contributed by atoms with Gasteiger partial charge in [0.1, 0.15) is 24.2 Å². The Labute approximate surface area is 125 Å². The third kappa shape index (κ3) is 6.14. The number of carbonyl (C=O) groups excluding carboxylic acids is 1. The normalized spacial score (nSPS) is 12.0. The van der Waals surface area contributed by atoms with Gasteiger partial charge in [-0.2, -0.15) is 0 Å². The Morgan fingerprint density at radius 1 is 1.33 bits per heavy atom. The molecule has 1 atom stereocenters. The molecule has 0 heterocycles. The molecular weight excluding hydrogens is 272 g/mol. The number of benzene rings is 1. The molecule has 1 aromatic rings. The van der Waals surface area contributed by atoms with E-state index in [0.717, 1.165) is 12.8 Å². The Balaban J connectivity index is 2.54. The van der Waals surface area contributed by atoms with Crippen molar-refractivity contribution >= 4 is 5.78 Å². The van der Waals surface area contributed by atoms with Gasteiger partial charge in [-0.25, -0.2) is 0 Å². The molecule has 0 amide bonds. The first-order chi connectivity index (χ1) is 10.1. The predicted octanol–water partition coefficient (Wildman–Crippen LogP) is 2.45. The minimum atomic E-state index is -0.729. The molecule has 1 unspecified atom stereocenters. The van der Waals surface area contributed by atoms with Crippen LogP contribution >= 0.6 is 0 Å². The summed E-state index contributed by atoms with van der Waals surface area (Å²) >= 11 is 0. The summed E-state index contributed by atoms with van der Waals surface area (Å²) in [5.74, 6) is 0.916. The van der Waals surface area contributed by atoms with E-state index in [0.29, 0.717) is 23.7 Å². The average Bonchev–Trinajstić information content (AvgIpc) is 2.49. The maximum absolute atomic E-state index is 11.5. The molecule has 0 aliphatic carbocycles. The van der Waals surface area contributed by atoms with Crippen molar-refractivity contribution in [3.63, 3.8) is 0 Å². The van der Waals surface area contributed by atoms with Gasteiger partial charge < -0.3 is 19.3 Å². The fraction of sp³-hybridized carbons (Fsp3) is 0.562. The van der Waals surface area contributed by atoms with E-state index < -0.39 is 6.10 Å². The van der Waals surface area contributed by atoms with Crippen LogP contribution in [0.15, 0.2) is 18.2 Å². The van der Waals surface area contributed by atoms with E-state index in [-0.39, 0.29) is 19.0 Å². The van der Waals surface area contributed by atoms with Crippen molar-refractivity contribution in [3.8, 4) is 11.5 Å². The maximum atomic E-state index is 11.5. The summed E-state index contributed by atoms with van der Waals surface area (Å²) in [6.45, 7) is 4.47. The van der Waals surface area contributed by atoms with Crippen LogP contribution in [0.25, 0.3) is 0 Å². The smallest absolute Gasteiger partial charge is 0.163 e. The second-order valence-corrected chi connectivity index (χ2v) is 4.81. The van der Waals surface area contributed by atoms with E-state index in [1.165, 1.54) is 6.92 Å². The summed E-state index contributed by atoms with van der Waals surface area (Å²) in [6, 6.07) is 5.00. The van der Waals surface area contributed by atoms with Crippen molar-refractivity contribution < 1.29 is 24.1 Å². The second-order valence-electron chi connectivity index (χ2n) is 4.81. The first-order valence-electron chi connectivity index (χ1n) is 7.16. The summed E-state index contributed by atoms with van der Waals surface area (Å²) in [5, 5.41) is 9.80. The minimum absolute atomic E-state index is 0.0690. The summed E-state index contributed by atoms with van der Waals surface area (Å²) < 4.78 is 16.0. The molecule has 1 N–H and O–H groups in total. The zero-order valence-corrected chi connectivity index (χ0v) is 12.9. The zero-order chi connectivity index (χ0) is 15.7. The van der Waals surface area contributed by atoms with E-state index >= 15 is 0 Å². The van der Waals surface area contributed by atoms with Crippen molar-refractivity contribution in [2.75, 3.05) is 26.9 Å². The molecule has 0 aliphatic rings. The number of hydrogen-bond donors (Lipinski definition) is 1. The van der Waals surface area contributed by atoms with Gasteiger partial charge in [-0.05, 0) is 25.5 Å². The van der Waals surface area contributed by atoms with Crippen LogP contribution in [0.2, 0.25) is 0 Å². The minimum Gasteiger partial charge on any atom is -0.497 e. The number of unbranched alkanes of at least 4 members (excludes halogenated alkanes) is 1. The van der Waals surface area contributed by atoms with Crippen LogP contribution in [0.1, 0.15) is 37.0 Å². The van der Waals surface area contributed by atoms with E-state index in [1.54, 1.807) is 25.3 Å². The van der Waals surface area contributed by atoms with Crippen molar-refractivity contribution in [1.82, 2.24) is 0 Å². The number of ether oxygens (including phenoxy) is 3. The molecule has 1 aromatic carbocycles. The molecule has 0 radical (unpaired) electrons. The fourth-order valence-corrected chi connectivity index (χ4v) is 1.74. The number of Topliss-reactive ketones (excluding diaryl/α,β-unsaturated/α-hetero) is 1. The van der Waals surface area contributed by atoms with E-state index in [9.17, 15) is 9.90 Å². The quantitative estimate of drug-likeness (QED) is 0.531. The van der Waals surface area contributed by atoms with E-state index in [1.807, 2.05) is 0 Å². The van der Waals surface area contributed by atoms with Gasteiger partial charge >= 0.3 is 0 Å². The van der Waals surface area contributed by atoms with Gasteiger partial charge in [0.2, 0.25) is 0 Å². The Morgan fingerprint density at radius 2 is 2.10 bits per heavy atom. The number of aliphatic hydroxyl groups is 1. The molecule has 1 rings (SSSR count). The number of ketones is 1. The molecule has 0 aliphatic heterocycles. The molecule has 0 saturated heterocycles. The largest absolute Gasteiger partial charge is 0.497 e. The average molecular weight is 296 g/mol. The second kappa shape index (κ2) is 9.37. The number of aliphatic hydroxyl groups excluding tert-OH is 1. The molecule has 0 saturated carbocycles. The zero-order valence-electron chi connectivity index (χ0n) is 12.9. The Kier molecular flexibility index (Phi) is 7.79. The first kappa shape index (κ1) is 17.5. The highest BCUT2D eigenvalue weighted by Crippen LogP contribution is 2.25. The van der Waals surface area contributed by atoms with Gasteiger partial charge in [0.05, 0.1) is 19.3 Å². The van der Waals surface area contributed by atoms with Crippen LogP contribution in [0.5, 0.6) is 11.5 Å². The molecule has 5 nitrogen and oxygen atoms in total. The number of methoxy groups -OCH3 is 1. The summed E-state index contributed by atoms with van der Waals surface area (Å²) in [6.07, 6.45) is 1.30. The van der Waals surface area contributed by atoms with E-state index in [4.69, 9.17) is 14.2 Å². The lowest BCUT2D eigenvalue weighted by Crippen LogP contribution is -2.24. The first-order valence-corrected chi connectivity index (χ1v) is 7.16. The van der Waals surface area contributed by atoms with Crippen LogP contribution in [0, 0.1) is 0 Å². The van der Waals surface area contributed by atoms with Crippen molar-refractivity contribution in [2.24, 2.45) is 0 Å². The molecule has 0 bridgehead atoms. The van der Waals surface area contributed by atoms with Crippen molar-refractivity contribution in [1.29, 1.82) is 0 Å². The molecule has 0 spiro atoms. The predicted molar refractivity (Wildman–Crippen MR) is 80.2 cm³/mol. The monoisotopic (exact) mass is 296 g/mol. The molecule has 5 heteroatoms. The molecule has 0 fully saturated rings. The number of rotatable bonds is 10. The molecule has 0 aromatic heterocycles. The highest BCUT2D eigenvalue weighted by atomic mass is 16.5. The van der Waals surface area contributed by atoms with E-state index in [2.05, 4.69) is 6.92 Å². The molecule has 118 valence electrons. The highest BCUT2D eigenvalue weighted by Gasteiger charge is 2.12. The van der Waals surface area contributed by atoms with Gasteiger partial charge in [0.25, 0.3) is 0 Å². The molecular formula is C16H24O5. The fourth-order valence-electron chi connectivity index (χ4n) is 1.74. The summed E-state index contributed by atoms with van der Waals surface area (Å²) in [5.41, 5.74) is 0.468. The maximum Gasteiger partial charge on any atom is 0.163 e. The number of hydrogen-bond acceptors (Lipinski definition) is 5. The van der Waals surface area contributed by atoms with Gasteiger partial charge in [-0.15, -0.1) is 0 Å². The lowest BCUT2D eigenvalue weighted by molar-refractivity contribution is 0.0111. The number of carbonyl (C=O) groups is 1. The molecule has 21 heavy (non-hydrogen) atoms. The summed E-state index contributed by atoms with van der Waals surface area (Å²) in [7, 11) is 1.54. The van der Waals surface area contributed by atoms with Crippen molar-refractivity contribution in [3.05, 3.63) is 23.8 Å². The Bertz CT molecular complexity index is 444. The third-order valence-corrected chi connectivity index (χ3v) is 2.95. The van der Waals surface area contributed by atoms with Gasteiger partial charge in [0.15, 0.2) is 5.78 Å². The van der Waals surface area contributed by atoms with Gasteiger partial charge in [0, 0.05) is 12.7 Å². The van der Waals surface area contributed by atoms with Crippen LogP contribution in [0.4, 0.5) is 0 Å². The van der Waals surface area contributed by atoms with Gasteiger partial charge in [-0.3, -0.25) is 4.79 Å².